The molecular formula is C12H13ClFN5. The van der Waals surface area contributed by atoms with Gasteiger partial charge in [-0.15, -0.1) is 5.10 Å². The summed E-state index contributed by atoms with van der Waals surface area (Å²) in [6, 6.07) is 4.54. The van der Waals surface area contributed by atoms with E-state index in [4.69, 9.17) is 11.6 Å². The predicted octanol–water partition coefficient (Wildman–Crippen LogP) is 3.23. The van der Waals surface area contributed by atoms with Gasteiger partial charge in [-0.3, -0.25) is 0 Å². The number of anilines is 3. The monoisotopic (exact) mass is 281 g/mol. The van der Waals surface area contributed by atoms with E-state index in [0.29, 0.717) is 17.5 Å². The highest BCUT2D eigenvalue weighted by Crippen LogP contribution is 2.21. The van der Waals surface area contributed by atoms with Crippen LogP contribution in [0.2, 0.25) is 5.02 Å². The zero-order valence-electron chi connectivity index (χ0n) is 10.5. The molecule has 0 unspecified atom stereocenters. The van der Waals surface area contributed by atoms with E-state index < -0.39 is 5.82 Å². The molecule has 0 aliphatic carbocycles. The molecule has 0 spiro atoms. The summed E-state index contributed by atoms with van der Waals surface area (Å²) in [5, 5.41) is 13.8. The van der Waals surface area contributed by atoms with E-state index >= 15 is 0 Å². The Morgan fingerprint density at radius 1 is 1.32 bits per heavy atom. The number of hydrogen-bond acceptors (Lipinski definition) is 5. The lowest BCUT2D eigenvalue weighted by Gasteiger charge is -2.09. The van der Waals surface area contributed by atoms with Crippen LogP contribution >= 0.6 is 11.6 Å². The van der Waals surface area contributed by atoms with Crippen molar-refractivity contribution < 1.29 is 4.39 Å². The first-order valence-corrected chi connectivity index (χ1v) is 6.11. The Morgan fingerprint density at radius 3 is 2.79 bits per heavy atom. The van der Waals surface area contributed by atoms with Gasteiger partial charge in [0.25, 0.3) is 0 Å². The molecular weight excluding hydrogens is 269 g/mol. The van der Waals surface area contributed by atoms with Gasteiger partial charge >= 0.3 is 0 Å². The summed E-state index contributed by atoms with van der Waals surface area (Å²) in [5.74, 6) is 0.462. The van der Waals surface area contributed by atoms with Crippen LogP contribution in [-0.2, 0) is 0 Å². The topological polar surface area (TPSA) is 62.7 Å². The van der Waals surface area contributed by atoms with Crippen LogP contribution in [0, 0.1) is 5.82 Å². The molecule has 0 aliphatic rings. The Morgan fingerprint density at radius 2 is 2.11 bits per heavy atom. The van der Waals surface area contributed by atoms with Gasteiger partial charge in [0.05, 0.1) is 11.2 Å². The molecule has 0 saturated carbocycles. The lowest BCUT2D eigenvalue weighted by Crippen LogP contribution is -2.13. The van der Waals surface area contributed by atoms with Crippen LogP contribution in [0.4, 0.5) is 21.8 Å². The van der Waals surface area contributed by atoms with Gasteiger partial charge in [0, 0.05) is 11.7 Å². The van der Waals surface area contributed by atoms with Crippen molar-refractivity contribution in [2.24, 2.45) is 0 Å². The van der Waals surface area contributed by atoms with E-state index in [-0.39, 0.29) is 11.1 Å². The van der Waals surface area contributed by atoms with Gasteiger partial charge in [0.1, 0.15) is 5.82 Å². The van der Waals surface area contributed by atoms with Crippen molar-refractivity contribution in [3.05, 3.63) is 35.2 Å². The highest BCUT2D eigenvalue weighted by molar-refractivity contribution is 6.31. The van der Waals surface area contributed by atoms with Crippen molar-refractivity contribution in [2.75, 3.05) is 10.6 Å². The summed E-state index contributed by atoms with van der Waals surface area (Å²) in [6.07, 6.45) is 1.47. The molecule has 1 heterocycles. The molecule has 0 bridgehead atoms. The van der Waals surface area contributed by atoms with Crippen LogP contribution in [0.3, 0.4) is 0 Å². The molecule has 19 heavy (non-hydrogen) atoms. The molecule has 1 aromatic carbocycles. The van der Waals surface area contributed by atoms with Gasteiger partial charge in [-0.2, -0.15) is 10.1 Å². The largest absolute Gasteiger partial charge is 0.351 e. The van der Waals surface area contributed by atoms with Crippen molar-refractivity contribution in [1.82, 2.24) is 15.2 Å². The molecule has 1 aromatic heterocycles. The molecule has 7 heteroatoms. The minimum Gasteiger partial charge on any atom is -0.351 e. The SMILES string of the molecule is CC(C)Nc1nncc(Nc2ccc(F)c(Cl)c2)n1. The smallest absolute Gasteiger partial charge is 0.244 e. The molecule has 2 aromatic rings. The molecule has 0 aliphatic heterocycles. The maximum atomic E-state index is 13.0. The Bertz CT molecular complexity index is 576. The van der Waals surface area contributed by atoms with Crippen molar-refractivity contribution >= 4 is 29.1 Å². The molecule has 0 amide bonds. The number of halogens is 2. The summed E-state index contributed by atoms with van der Waals surface area (Å²) >= 11 is 5.70. The molecule has 0 radical (unpaired) electrons. The van der Waals surface area contributed by atoms with Gasteiger partial charge < -0.3 is 10.6 Å². The standard InChI is InChI=1S/C12H13ClFN5/c1-7(2)16-12-18-11(6-15-19-12)17-8-3-4-10(14)9(13)5-8/h3-7H,1-2H3,(H2,16,17,18,19). The zero-order valence-corrected chi connectivity index (χ0v) is 11.2. The second kappa shape index (κ2) is 5.79. The number of aromatic nitrogens is 3. The second-order valence-corrected chi connectivity index (χ2v) is 4.63. The van der Waals surface area contributed by atoms with E-state index in [2.05, 4.69) is 25.8 Å². The lowest BCUT2D eigenvalue weighted by molar-refractivity contribution is 0.628. The van der Waals surface area contributed by atoms with E-state index in [1.54, 1.807) is 6.07 Å². The van der Waals surface area contributed by atoms with E-state index in [1.165, 1.54) is 18.3 Å². The zero-order chi connectivity index (χ0) is 13.8. The van der Waals surface area contributed by atoms with Crippen molar-refractivity contribution in [1.29, 1.82) is 0 Å². The fourth-order valence-corrected chi connectivity index (χ4v) is 1.59. The van der Waals surface area contributed by atoms with Crippen LogP contribution in [0.25, 0.3) is 0 Å². The fourth-order valence-electron chi connectivity index (χ4n) is 1.40. The summed E-state index contributed by atoms with van der Waals surface area (Å²) in [6.45, 7) is 3.95. The first-order valence-electron chi connectivity index (χ1n) is 5.73. The van der Waals surface area contributed by atoms with Gasteiger partial charge in [-0.1, -0.05) is 11.6 Å². The number of nitrogens with zero attached hydrogens (tertiary/aromatic N) is 3. The minimum atomic E-state index is -0.463. The van der Waals surface area contributed by atoms with E-state index in [9.17, 15) is 4.39 Å². The minimum absolute atomic E-state index is 0.0487. The molecule has 2 N–H and O–H groups in total. The average Bonchev–Trinajstić information content (AvgIpc) is 2.33. The number of benzene rings is 1. The maximum absolute atomic E-state index is 13.0. The highest BCUT2D eigenvalue weighted by atomic mass is 35.5. The molecule has 0 saturated heterocycles. The normalized spacial score (nSPS) is 10.6. The van der Waals surface area contributed by atoms with E-state index in [1.807, 2.05) is 13.8 Å². The maximum Gasteiger partial charge on any atom is 0.244 e. The Kier molecular flexibility index (Phi) is 4.11. The van der Waals surface area contributed by atoms with E-state index in [0.717, 1.165) is 0 Å². The first-order chi connectivity index (χ1) is 9.04. The fraction of sp³-hybridized carbons (Fsp3) is 0.250. The van der Waals surface area contributed by atoms with Crippen molar-refractivity contribution in [3.63, 3.8) is 0 Å². The van der Waals surface area contributed by atoms with Gasteiger partial charge in [0.2, 0.25) is 5.95 Å². The molecule has 5 nitrogen and oxygen atoms in total. The number of rotatable bonds is 4. The van der Waals surface area contributed by atoms with Crippen molar-refractivity contribution in [3.8, 4) is 0 Å². The van der Waals surface area contributed by atoms with Crippen molar-refractivity contribution in [2.45, 2.75) is 19.9 Å². The Balaban J connectivity index is 2.16. The van der Waals surface area contributed by atoms with Crippen LogP contribution in [0.1, 0.15) is 13.8 Å². The predicted molar refractivity (Wildman–Crippen MR) is 73.3 cm³/mol. The van der Waals surface area contributed by atoms with Crippen LogP contribution in [0.5, 0.6) is 0 Å². The third-order valence-corrected chi connectivity index (χ3v) is 2.46. The Labute approximate surface area is 115 Å². The van der Waals surface area contributed by atoms with Gasteiger partial charge in [0.15, 0.2) is 5.82 Å². The van der Waals surface area contributed by atoms with Crippen LogP contribution in [0.15, 0.2) is 24.4 Å². The first kappa shape index (κ1) is 13.5. The lowest BCUT2D eigenvalue weighted by atomic mass is 10.3. The third-order valence-electron chi connectivity index (χ3n) is 2.17. The third kappa shape index (κ3) is 3.75. The highest BCUT2D eigenvalue weighted by Gasteiger charge is 2.04. The number of nitrogens with one attached hydrogen (secondary N) is 2. The second-order valence-electron chi connectivity index (χ2n) is 4.22. The van der Waals surface area contributed by atoms with Gasteiger partial charge in [-0.25, -0.2) is 4.39 Å². The summed E-state index contributed by atoms with van der Waals surface area (Å²) < 4.78 is 13.0. The molecule has 0 atom stereocenters. The van der Waals surface area contributed by atoms with Crippen LogP contribution < -0.4 is 10.6 Å². The average molecular weight is 282 g/mol. The number of hydrogen-bond donors (Lipinski definition) is 2. The summed E-state index contributed by atoms with van der Waals surface area (Å²) in [4.78, 5) is 4.23. The van der Waals surface area contributed by atoms with Gasteiger partial charge in [-0.05, 0) is 32.0 Å². The molecule has 0 fully saturated rings. The quantitative estimate of drug-likeness (QED) is 0.901. The Hall–Kier alpha value is -1.95. The summed E-state index contributed by atoms with van der Waals surface area (Å²) in [5.41, 5.74) is 0.627. The summed E-state index contributed by atoms with van der Waals surface area (Å²) in [7, 11) is 0. The molecule has 2 rings (SSSR count). The molecule has 100 valence electrons. The van der Waals surface area contributed by atoms with Crippen LogP contribution in [-0.4, -0.2) is 21.2 Å².